The Hall–Kier alpha value is -1.92. The number of fused-ring (bicyclic) bond motifs is 1. The Morgan fingerprint density at radius 2 is 2.15 bits per heavy atom. The van der Waals surface area contributed by atoms with E-state index in [2.05, 4.69) is 18.0 Å². The van der Waals surface area contributed by atoms with E-state index in [1.165, 1.54) is 16.9 Å². The largest absolute Gasteiger partial charge is 0.244 e. The molecule has 0 unspecified atom stereocenters. The molecule has 1 heterocycles. The standard InChI is InChI=1S/C17H16N2S/c1-12-7-8-14-15(10-18)17(20-16(14)9-12)19-11-13-5-3-2-4-6-13/h2-6,11-12H,7-9H2,1H3/t12-/m1/s1. The third kappa shape index (κ3) is 2.52. The molecule has 20 heavy (non-hydrogen) atoms. The highest BCUT2D eigenvalue weighted by Crippen LogP contribution is 2.40. The summed E-state index contributed by atoms with van der Waals surface area (Å²) >= 11 is 1.69. The number of hydrogen-bond acceptors (Lipinski definition) is 3. The fourth-order valence-corrected chi connectivity index (χ4v) is 3.92. The Labute approximate surface area is 123 Å². The maximum Gasteiger partial charge on any atom is 0.134 e. The lowest BCUT2D eigenvalue weighted by atomic mass is 9.89. The van der Waals surface area contributed by atoms with Gasteiger partial charge >= 0.3 is 0 Å². The number of aliphatic imine (C=N–C) groups is 1. The molecule has 100 valence electrons. The van der Waals surface area contributed by atoms with Crippen LogP contribution in [0.1, 0.15) is 34.9 Å². The van der Waals surface area contributed by atoms with Gasteiger partial charge in [0, 0.05) is 11.1 Å². The number of thiophene rings is 1. The molecule has 0 amide bonds. The van der Waals surface area contributed by atoms with Gasteiger partial charge in [0.05, 0.1) is 5.56 Å². The van der Waals surface area contributed by atoms with E-state index in [9.17, 15) is 5.26 Å². The lowest BCUT2D eigenvalue weighted by Crippen LogP contribution is -2.09. The van der Waals surface area contributed by atoms with Crippen LogP contribution in [0.5, 0.6) is 0 Å². The molecule has 0 bridgehead atoms. The third-order valence-electron chi connectivity index (χ3n) is 3.74. The van der Waals surface area contributed by atoms with Gasteiger partial charge in [-0.3, -0.25) is 0 Å². The summed E-state index contributed by atoms with van der Waals surface area (Å²) in [5, 5.41) is 10.3. The van der Waals surface area contributed by atoms with E-state index in [1.54, 1.807) is 11.3 Å². The van der Waals surface area contributed by atoms with Crippen molar-refractivity contribution in [1.82, 2.24) is 0 Å². The van der Waals surface area contributed by atoms with Gasteiger partial charge in [-0.1, -0.05) is 37.3 Å². The van der Waals surface area contributed by atoms with Crippen LogP contribution in [0.15, 0.2) is 35.3 Å². The average Bonchev–Trinajstić information content (AvgIpc) is 2.82. The summed E-state index contributed by atoms with van der Waals surface area (Å²) in [6.07, 6.45) is 5.15. The first-order valence-corrected chi connectivity index (χ1v) is 7.73. The maximum atomic E-state index is 9.41. The summed E-state index contributed by atoms with van der Waals surface area (Å²) in [6.45, 7) is 2.28. The molecular weight excluding hydrogens is 264 g/mol. The molecule has 3 heteroatoms. The van der Waals surface area contributed by atoms with Gasteiger partial charge in [0.25, 0.3) is 0 Å². The monoisotopic (exact) mass is 280 g/mol. The van der Waals surface area contributed by atoms with Crippen LogP contribution in [0.4, 0.5) is 5.00 Å². The highest BCUT2D eigenvalue weighted by molar-refractivity contribution is 7.16. The summed E-state index contributed by atoms with van der Waals surface area (Å²) in [5.41, 5.74) is 3.11. The SMILES string of the molecule is C[C@@H]1CCc2c(sc(N=Cc3ccccc3)c2C#N)C1. The minimum Gasteiger partial charge on any atom is -0.244 e. The number of hydrogen-bond donors (Lipinski definition) is 0. The van der Waals surface area contributed by atoms with Crippen molar-refractivity contribution in [3.63, 3.8) is 0 Å². The second kappa shape index (κ2) is 5.60. The second-order valence-electron chi connectivity index (χ2n) is 5.31. The molecule has 2 aromatic rings. The molecule has 0 spiro atoms. The van der Waals surface area contributed by atoms with E-state index in [-0.39, 0.29) is 0 Å². The van der Waals surface area contributed by atoms with Crippen molar-refractivity contribution in [2.45, 2.75) is 26.2 Å². The van der Waals surface area contributed by atoms with E-state index in [0.29, 0.717) is 0 Å². The van der Waals surface area contributed by atoms with Crippen LogP contribution in [0.3, 0.4) is 0 Å². The van der Waals surface area contributed by atoms with Crippen LogP contribution in [0.2, 0.25) is 0 Å². The zero-order valence-electron chi connectivity index (χ0n) is 11.5. The molecule has 2 nitrogen and oxygen atoms in total. The summed E-state index contributed by atoms with van der Waals surface area (Å²) < 4.78 is 0. The Bertz CT molecular complexity index is 677. The zero-order chi connectivity index (χ0) is 13.9. The first-order valence-electron chi connectivity index (χ1n) is 6.91. The van der Waals surface area contributed by atoms with Gasteiger partial charge in [0.2, 0.25) is 0 Å². The van der Waals surface area contributed by atoms with Crippen molar-refractivity contribution < 1.29 is 0 Å². The van der Waals surface area contributed by atoms with Crippen LogP contribution in [0, 0.1) is 17.2 Å². The van der Waals surface area contributed by atoms with Crippen LogP contribution < -0.4 is 0 Å². The Morgan fingerprint density at radius 3 is 2.90 bits per heavy atom. The summed E-state index contributed by atoms with van der Waals surface area (Å²) in [4.78, 5) is 5.91. The van der Waals surface area contributed by atoms with Crippen molar-refractivity contribution in [3.05, 3.63) is 51.9 Å². The lowest BCUT2D eigenvalue weighted by Gasteiger charge is -2.17. The summed E-state index contributed by atoms with van der Waals surface area (Å²) in [5.74, 6) is 0.721. The minimum atomic E-state index is 0.721. The molecule has 0 radical (unpaired) electrons. The molecule has 0 saturated heterocycles. The van der Waals surface area contributed by atoms with Crippen LogP contribution in [-0.2, 0) is 12.8 Å². The third-order valence-corrected chi connectivity index (χ3v) is 4.90. The quantitative estimate of drug-likeness (QED) is 0.746. The van der Waals surface area contributed by atoms with Crippen LogP contribution >= 0.6 is 11.3 Å². The Morgan fingerprint density at radius 1 is 1.35 bits per heavy atom. The van der Waals surface area contributed by atoms with E-state index in [4.69, 9.17) is 0 Å². The molecule has 1 atom stereocenters. The fourth-order valence-electron chi connectivity index (χ4n) is 2.61. The van der Waals surface area contributed by atoms with Crippen molar-refractivity contribution in [2.75, 3.05) is 0 Å². The molecular formula is C17H16N2S. The summed E-state index contributed by atoms with van der Waals surface area (Å²) in [6, 6.07) is 12.4. The topological polar surface area (TPSA) is 36.1 Å². The van der Waals surface area contributed by atoms with Gasteiger partial charge in [-0.25, -0.2) is 4.99 Å². The van der Waals surface area contributed by atoms with E-state index in [0.717, 1.165) is 34.9 Å². The highest BCUT2D eigenvalue weighted by Gasteiger charge is 2.23. The number of nitrogens with zero attached hydrogens (tertiary/aromatic N) is 2. The lowest BCUT2D eigenvalue weighted by molar-refractivity contribution is 0.507. The van der Waals surface area contributed by atoms with Crippen molar-refractivity contribution >= 4 is 22.6 Å². The molecule has 1 aromatic heterocycles. The first-order chi connectivity index (χ1) is 9.78. The van der Waals surface area contributed by atoms with Gasteiger partial charge in [0.1, 0.15) is 11.1 Å². The Kier molecular flexibility index (Phi) is 3.66. The molecule has 3 rings (SSSR count). The molecule has 0 saturated carbocycles. The van der Waals surface area contributed by atoms with E-state index in [1.807, 2.05) is 36.5 Å². The van der Waals surface area contributed by atoms with Crippen molar-refractivity contribution in [3.8, 4) is 6.07 Å². The normalized spacial score (nSPS) is 17.9. The Balaban J connectivity index is 1.95. The molecule has 0 N–H and O–H groups in total. The molecule has 0 aliphatic heterocycles. The van der Waals surface area contributed by atoms with Gasteiger partial charge in [-0.15, -0.1) is 11.3 Å². The summed E-state index contributed by atoms with van der Waals surface area (Å²) in [7, 11) is 0. The van der Waals surface area contributed by atoms with E-state index < -0.39 is 0 Å². The molecule has 0 fully saturated rings. The second-order valence-corrected chi connectivity index (χ2v) is 6.40. The zero-order valence-corrected chi connectivity index (χ0v) is 12.3. The smallest absolute Gasteiger partial charge is 0.134 e. The predicted octanol–water partition coefficient (Wildman–Crippen LogP) is 4.50. The highest BCUT2D eigenvalue weighted by atomic mass is 32.1. The first kappa shape index (κ1) is 13.1. The van der Waals surface area contributed by atoms with Crippen molar-refractivity contribution in [2.24, 2.45) is 10.9 Å². The molecule has 1 aliphatic carbocycles. The van der Waals surface area contributed by atoms with Crippen LogP contribution in [-0.4, -0.2) is 6.21 Å². The van der Waals surface area contributed by atoms with Gasteiger partial charge in [-0.2, -0.15) is 5.26 Å². The predicted molar refractivity (Wildman–Crippen MR) is 83.9 cm³/mol. The van der Waals surface area contributed by atoms with Crippen LogP contribution in [0.25, 0.3) is 0 Å². The van der Waals surface area contributed by atoms with Gasteiger partial charge in [0.15, 0.2) is 0 Å². The number of rotatable bonds is 2. The van der Waals surface area contributed by atoms with Crippen molar-refractivity contribution in [1.29, 1.82) is 5.26 Å². The molecule has 1 aromatic carbocycles. The number of nitriles is 1. The fraction of sp³-hybridized carbons (Fsp3) is 0.294. The van der Waals surface area contributed by atoms with E-state index >= 15 is 0 Å². The maximum absolute atomic E-state index is 9.41. The van der Waals surface area contributed by atoms with Gasteiger partial charge in [-0.05, 0) is 36.3 Å². The van der Waals surface area contributed by atoms with Gasteiger partial charge < -0.3 is 0 Å². The minimum absolute atomic E-state index is 0.721. The molecule has 1 aliphatic rings. The average molecular weight is 280 g/mol. The number of benzene rings is 1.